The molecule has 5 heteroatoms. The van der Waals surface area contributed by atoms with Crippen molar-refractivity contribution in [2.75, 3.05) is 0 Å². The second-order valence-corrected chi connectivity index (χ2v) is 5.67. The zero-order valence-corrected chi connectivity index (χ0v) is 11.8. The van der Waals surface area contributed by atoms with Gasteiger partial charge in [0.05, 0.1) is 17.6 Å². The number of fused-ring (bicyclic) bond motifs is 2. The van der Waals surface area contributed by atoms with Crippen LogP contribution in [0.3, 0.4) is 0 Å². The molecule has 0 saturated carbocycles. The first-order chi connectivity index (χ1) is 10.3. The Hall–Kier alpha value is -2.17. The number of esters is 1. The number of hydrogen-bond acceptors (Lipinski definition) is 4. The SMILES string of the molecule is O=C(OC1CCc2cccnc21)c1cnn2c1CCCC2. The first kappa shape index (κ1) is 12.6. The fourth-order valence-corrected chi connectivity index (χ4v) is 3.27. The van der Waals surface area contributed by atoms with E-state index in [4.69, 9.17) is 4.74 Å². The first-order valence-corrected chi connectivity index (χ1v) is 7.52. The largest absolute Gasteiger partial charge is 0.452 e. The average Bonchev–Trinajstić information content (AvgIpc) is 3.12. The normalized spacial score (nSPS) is 19.9. The second kappa shape index (κ2) is 4.98. The molecular formula is C16H17N3O2. The molecule has 3 heterocycles. The fraction of sp³-hybridized carbons (Fsp3) is 0.438. The predicted molar refractivity (Wildman–Crippen MR) is 75.9 cm³/mol. The molecule has 2 aromatic heterocycles. The van der Waals surface area contributed by atoms with Gasteiger partial charge in [0.15, 0.2) is 0 Å². The lowest BCUT2D eigenvalue weighted by molar-refractivity contribution is 0.0291. The number of rotatable bonds is 2. The van der Waals surface area contributed by atoms with Crippen LogP contribution in [0.25, 0.3) is 0 Å². The molecule has 0 fully saturated rings. The van der Waals surface area contributed by atoms with Crippen LogP contribution < -0.4 is 0 Å². The van der Waals surface area contributed by atoms with Gasteiger partial charge in [-0.15, -0.1) is 0 Å². The first-order valence-electron chi connectivity index (χ1n) is 7.52. The van der Waals surface area contributed by atoms with Gasteiger partial charge in [-0.05, 0) is 43.7 Å². The van der Waals surface area contributed by atoms with Gasteiger partial charge in [-0.2, -0.15) is 5.10 Å². The number of nitrogens with zero attached hydrogens (tertiary/aromatic N) is 3. The molecule has 108 valence electrons. The molecule has 0 radical (unpaired) electrons. The third-order valence-electron chi connectivity index (χ3n) is 4.36. The minimum Gasteiger partial charge on any atom is -0.452 e. The molecule has 21 heavy (non-hydrogen) atoms. The molecular weight excluding hydrogens is 266 g/mol. The van der Waals surface area contributed by atoms with Crippen LogP contribution >= 0.6 is 0 Å². The maximum absolute atomic E-state index is 12.4. The second-order valence-electron chi connectivity index (χ2n) is 5.67. The summed E-state index contributed by atoms with van der Waals surface area (Å²) in [6.45, 7) is 0.899. The number of carbonyl (C=O) groups is 1. The van der Waals surface area contributed by atoms with E-state index in [0.29, 0.717) is 5.56 Å². The maximum atomic E-state index is 12.4. The molecule has 2 aromatic rings. The van der Waals surface area contributed by atoms with Gasteiger partial charge in [0.2, 0.25) is 0 Å². The summed E-state index contributed by atoms with van der Waals surface area (Å²) in [6.07, 6.45) is 8.08. The van der Waals surface area contributed by atoms with E-state index in [1.807, 2.05) is 10.7 Å². The van der Waals surface area contributed by atoms with E-state index < -0.39 is 0 Å². The van der Waals surface area contributed by atoms with E-state index in [1.54, 1.807) is 12.4 Å². The monoisotopic (exact) mass is 283 g/mol. The van der Waals surface area contributed by atoms with Crippen molar-refractivity contribution in [1.29, 1.82) is 0 Å². The molecule has 0 bridgehead atoms. The number of pyridine rings is 1. The fourth-order valence-electron chi connectivity index (χ4n) is 3.27. The minimum atomic E-state index is -0.262. The van der Waals surface area contributed by atoms with Crippen molar-refractivity contribution < 1.29 is 9.53 Å². The Kier molecular flexibility index (Phi) is 2.98. The summed E-state index contributed by atoms with van der Waals surface area (Å²) in [5, 5.41) is 4.30. The number of aryl methyl sites for hydroxylation is 2. The molecule has 0 aromatic carbocycles. The third-order valence-corrected chi connectivity index (χ3v) is 4.36. The van der Waals surface area contributed by atoms with E-state index in [9.17, 15) is 4.79 Å². The van der Waals surface area contributed by atoms with Gasteiger partial charge in [-0.3, -0.25) is 9.67 Å². The van der Waals surface area contributed by atoms with Crippen molar-refractivity contribution in [1.82, 2.24) is 14.8 Å². The number of hydrogen-bond donors (Lipinski definition) is 0. The van der Waals surface area contributed by atoms with E-state index >= 15 is 0 Å². The Morgan fingerprint density at radius 3 is 3.24 bits per heavy atom. The van der Waals surface area contributed by atoms with Crippen LogP contribution in [0.2, 0.25) is 0 Å². The molecule has 1 unspecified atom stereocenters. The van der Waals surface area contributed by atoms with Crippen molar-refractivity contribution in [3.05, 3.63) is 47.0 Å². The molecule has 1 aliphatic carbocycles. The van der Waals surface area contributed by atoms with Crippen molar-refractivity contribution >= 4 is 5.97 Å². The van der Waals surface area contributed by atoms with Crippen LogP contribution in [0, 0.1) is 0 Å². The molecule has 2 aliphatic rings. The Balaban J connectivity index is 1.56. The van der Waals surface area contributed by atoms with Crippen molar-refractivity contribution in [2.45, 2.75) is 44.8 Å². The van der Waals surface area contributed by atoms with Crippen LogP contribution in [0.4, 0.5) is 0 Å². The number of ether oxygens (including phenoxy) is 1. The third kappa shape index (κ3) is 2.13. The van der Waals surface area contributed by atoms with Crippen molar-refractivity contribution in [3.63, 3.8) is 0 Å². The smallest absolute Gasteiger partial charge is 0.342 e. The highest BCUT2D eigenvalue weighted by atomic mass is 16.5. The van der Waals surface area contributed by atoms with Gasteiger partial charge < -0.3 is 4.74 Å². The lowest BCUT2D eigenvalue weighted by atomic mass is 10.1. The van der Waals surface area contributed by atoms with Gasteiger partial charge in [0.1, 0.15) is 11.7 Å². The number of aromatic nitrogens is 3. The standard InChI is InChI=1S/C16H17N3O2/c20-16(12-10-18-19-9-2-1-5-13(12)19)21-14-7-6-11-4-3-8-17-15(11)14/h3-4,8,10,14H,1-2,5-7,9H2. The summed E-state index contributed by atoms with van der Waals surface area (Å²) in [6, 6.07) is 3.98. The molecule has 0 spiro atoms. The summed E-state index contributed by atoms with van der Waals surface area (Å²) < 4.78 is 7.62. The van der Waals surface area contributed by atoms with Crippen molar-refractivity contribution in [3.8, 4) is 0 Å². The summed E-state index contributed by atoms with van der Waals surface area (Å²) in [7, 11) is 0. The van der Waals surface area contributed by atoms with Crippen LogP contribution in [0.5, 0.6) is 0 Å². The highest BCUT2D eigenvalue weighted by Crippen LogP contribution is 2.33. The zero-order valence-electron chi connectivity index (χ0n) is 11.8. The Labute approximate surface area is 122 Å². The highest BCUT2D eigenvalue weighted by Gasteiger charge is 2.29. The minimum absolute atomic E-state index is 0.215. The van der Waals surface area contributed by atoms with Crippen molar-refractivity contribution in [2.24, 2.45) is 0 Å². The summed E-state index contributed by atoms with van der Waals surface area (Å²) >= 11 is 0. The van der Waals surface area contributed by atoms with E-state index in [1.165, 1.54) is 5.56 Å². The van der Waals surface area contributed by atoms with Crippen LogP contribution in [-0.2, 0) is 24.1 Å². The lowest BCUT2D eigenvalue weighted by Gasteiger charge is -2.16. The summed E-state index contributed by atoms with van der Waals surface area (Å²) in [5.41, 5.74) is 3.74. The Morgan fingerprint density at radius 2 is 2.29 bits per heavy atom. The van der Waals surface area contributed by atoms with E-state index in [2.05, 4.69) is 16.1 Å². The molecule has 4 rings (SSSR count). The molecule has 1 atom stereocenters. The summed E-state index contributed by atoms with van der Waals surface area (Å²) in [4.78, 5) is 16.8. The number of carbonyl (C=O) groups excluding carboxylic acids is 1. The maximum Gasteiger partial charge on any atom is 0.342 e. The molecule has 1 aliphatic heterocycles. The zero-order chi connectivity index (χ0) is 14.2. The topological polar surface area (TPSA) is 57.0 Å². The molecule has 0 N–H and O–H groups in total. The molecule has 0 saturated heterocycles. The molecule has 5 nitrogen and oxygen atoms in total. The van der Waals surface area contributed by atoms with E-state index in [-0.39, 0.29) is 12.1 Å². The molecule has 0 amide bonds. The van der Waals surface area contributed by atoms with Crippen LogP contribution in [0.1, 0.15) is 52.7 Å². The van der Waals surface area contributed by atoms with Gasteiger partial charge in [-0.25, -0.2) is 4.79 Å². The lowest BCUT2D eigenvalue weighted by Crippen LogP contribution is -2.16. The van der Waals surface area contributed by atoms with Gasteiger partial charge in [-0.1, -0.05) is 6.07 Å². The van der Waals surface area contributed by atoms with Crippen LogP contribution in [0.15, 0.2) is 24.5 Å². The van der Waals surface area contributed by atoms with Gasteiger partial charge in [0.25, 0.3) is 0 Å². The van der Waals surface area contributed by atoms with Gasteiger partial charge >= 0.3 is 5.97 Å². The average molecular weight is 283 g/mol. The van der Waals surface area contributed by atoms with Crippen LogP contribution in [-0.4, -0.2) is 20.7 Å². The highest BCUT2D eigenvalue weighted by molar-refractivity contribution is 5.90. The Bertz CT molecular complexity index is 693. The quantitative estimate of drug-likeness (QED) is 0.794. The predicted octanol–water partition coefficient (Wildman–Crippen LogP) is 2.46. The van der Waals surface area contributed by atoms with E-state index in [0.717, 1.165) is 50.0 Å². The van der Waals surface area contributed by atoms with Gasteiger partial charge in [0, 0.05) is 12.7 Å². The Morgan fingerprint density at radius 1 is 1.33 bits per heavy atom. The summed E-state index contributed by atoms with van der Waals surface area (Å²) in [5.74, 6) is -0.262.